The highest BCUT2D eigenvalue weighted by atomic mass is 35.5. The lowest BCUT2D eigenvalue weighted by atomic mass is 10.1. The molecule has 0 unspecified atom stereocenters. The fourth-order valence-electron chi connectivity index (χ4n) is 2.42. The Morgan fingerprint density at radius 2 is 1.76 bits per heavy atom. The minimum atomic E-state index is -3.71. The summed E-state index contributed by atoms with van der Waals surface area (Å²) in [5, 5.41) is 6.68. The van der Waals surface area contributed by atoms with Crippen LogP contribution in [-0.2, 0) is 10.0 Å². The second-order valence-corrected chi connectivity index (χ2v) is 8.47. The van der Waals surface area contributed by atoms with Crippen molar-refractivity contribution in [3.8, 4) is 16.9 Å². The first kappa shape index (κ1) is 18.0. The van der Waals surface area contributed by atoms with Crippen LogP contribution in [0.15, 0.2) is 64.8 Å². The van der Waals surface area contributed by atoms with Crippen LogP contribution in [0.2, 0.25) is 5.02 Å². The Labute approximate surface area is 155 Å². The first-order chi connectivity index (χ1) is 11.9. The summed E-state index contributed by atoms with van der Waals surface area (Å²) >= 11 is 7.62. The van der Waals surface area contributed by atoms with Gasteiger partial charge in [0.05, 0.1) is 16.8 Å². The monoisotopic (exact) mass is 393 g/mol. The van der Waals surface area contributed by atoms with Crippen molar-refractivity contribution in [1.29, 1.82) is 0 Å². The third kappa shape index (κ3) is 3.90. The topological polar surface area (TPSA) is 78.0 Å². The second kappa shape index (κ2) is 7.21. The average molecular weight is 394 g/mol. The number of hydrogen-bond acceptors (Lipinski definition) is 4. The van der Waals surface area contributed by atoms with Gasteiger partial charge in [-0.3, -0.25) is 4.57 Å². The van der Waals surface area contributed by atoms with Crippen LogP contribution in [0.1, 0.15) is 6.92 Å². The zero-order valence-corrected chi connectivity index (χ0v) is 15.8. The molecule has 0 bridgehead atoms. The normalized spacial score (nSPS) is 11.6. The van der Waals surface area contributed by atoms with Gasteiger partial charge in [0.2, 0.25) is 10.0 Å². The van der Waals surface area contributed by atoms with Gasteiger partial charge in [0, 0.05) is 16.3 Å². The van der Waals surface area contributed by atoms with Gasteiger partial charge in [-0.2, -0.15) is 0 Å². The highest BCUT2D eigenvalue weighted by Gasteiger charge is 2.15. The van der Waals surface area contributed by atoms with Crippen LogP contribution in [0.25, 0.3) is 16.9 Å². The van der Waals surface area contributed by atoms with Gasteiger partial charge in [-0.1, -0.05) is 42.4 Å². The van der Waals surface area contributed by atoms with E-state index in [2.05, 4.69) is 11.9 Å². The maximum Gasteiger partial charge on any atom is 0.238 e. The molecule has 1 heterocycles. The van der Waals surface area contributed by atoms with E-state index in [0.717, 1.165) is 27.9 Å². The Morgan fingerprint density at radius 3 is 2.32 bits per heavy atom. The van der Waals surface area contributed by atoms with Gasteiger partial charge in [0.1, 0.15) is 0 Å². The van der Waals surface area contributed by atoms with E-state index in [9.17, 15) is 8.42 Å². The molecule has 8 heteroatoms. The molecule has 0 fully saturated rings. The van der Waals surface area contributed by atoms with E-state index in [-0.39, 0.29) is 4.90 Å². The molecule has 2 aromatic carbocycles. The van der Waals surface area contributed by atoms with Gasteiger partial charge in [-0.15, -0.1) is 0 Å². The van der Waals surface area contributed by atoms with Crippen molar-refractivity contribution < 1.29 is 8.42 Å². The molecule has 0 amide bonds. The molecule has 0 radical (unpaired) electrons. The molecule has 0 saturated heterocycles. The molecule has 2 N–H and O–H groups in total. The maximum absolute atomic E-state index is 11.4. The van der Waals surface area contributed by atoms with E-state index in [4.69, 9.17) is 16.7 Å². The van der Waals surface area contributed by atoms with Gasteiger partial charge in [-0.05, 0) is 42.2 Å². The van der Waals surface area contributed by atoms with Crippen LogP contribution < -0.4 is 5.14 Å². The lowest BCUT2D eigenvalue weighted by molar-refractivity contribution is 0.598. The molecule has 5 nitrogen and oxygen atoms in total. The van der Waals surface area contributed by atoms with Gasteiger partial charge in [0.25, 0.3) is 0 Å². The molecular weight excluding hydrogens is 378 g/mol. The van der Waals surface area contributed by atoms with Crippen molar-refractivity contribution >= 4 is 33.4 Å². The van der Waals surface area contributed by atoms with Crippen molar-refractivity contribution in [3.05, 3.63) is 59.8 Å². The SMILES string of the molecule is CCSc1ncc(-c2ccc(S(N)(=O)=O)cc2)n1-c1ccc(Cl)cc1. The number of nitrogens with two attached hydrogens (primary N) is 1. The van der Waals surface area contributed by atoms with E-state index in [1.165, 1.54) is 12.1 Å². The molecule has 0 atom stereocenters. The van der Waals surface area contributed by atoms with Crippen LogP contribution >= 0.6 is 23.4 Å². The predicted molar refractivity (Wildman–Crippen MR) is 102 cm³/mol. The molecule has 0 spiro atoms. The first-order valence-corrected chi connectivity index (χ1v) is 10.4. The minimum Gasteiger partial charge on any atom is -0.287 e. The van der Waals surface area contributed by atoms with Crippen molar-refractivity contribution in [1.82, 2.24) is 9.55 Å². The van der Waals surface area contributed by atoms with Crippen LogP contribution in [0.4, 0.5) is 0 Å². The summed E-state index contributed by atoms with van der Waals surface area (Å²) in [7, 11) is -3.71. The highest BCUT2D eigenvalue weighted by molar-refractivity contribution is 7.99. The van der Waals surface area contributed by atoms with Crippen molar-refractivity contribution in [3.63, 3.8) is 0 Å². The summed E-state index contributed by atoms with van der Waals surface area (Å²) in [5.41, 5.74) is 2.64. The number of benzene rings is 2. The van der Waals surface area contributed by atoms with Gasteiger partial charge in [-0.25, -0.2) is 18.5 Å². The Morgan fingerprint density at radius 1 is 1.12 bits per heavy atom. The number of halogens is 1. The van der Waals surface area contributed by atoms with Crippen LogP contribution in [-0.4, -0.2) is 23.7 Å². The second-order valence-electron chi connectivity index (χ2n) is 5.24. The summed E-state index contributed by atoms with van der Waals surface area (Å²) < 4.78 is 24.9. The zero-order valence-electron chi connectivity index (χ0n) is 13.4. The van der Waals surface area contributed by atoms with E-state index < -0.39 is 10.0 Å². The smallest absolute Gasteiger partial charge is 0.238 e. The van der Waals surface area contributed by atoms with Crippen LogP contribution in [0.3, 0.4) is 0 Å². The number of sulfonamides is 1. The van der Waals surface area contributed by atoms with Gasteiger partial charge in [0.15, 0.2) is 5.16 Å². The Hall–Kier alpha value is -1.80. The zero-order chi connectivity index (χ0) is 18.0. The summed E-state index contributed by atoms with van der Waals surface area (Å²) in [6.45, 7) is 2.06. The summed E-state index contributed by atoms with van der Waals surface area (Å²) in [4.78, 5) is 4.58. The Balaban J connectivity index is 2.12. The molecule has 25 heavy (non-hydrogen) atoms. The molecule has 1 aromatic heterocycles. The Bertz CT molecular complexity index is 982. The Kier molecular flexibility index (Phi) is 5.19. The number of rotatable bonds is 5. The van der Waals surface area contributed by atoms with E-state index in [1.54, 1.807) is 30.1 Å². The summed E-state index contributed by atoms with van der Waals surface area (Å²) in [6, 6.07) is 13.9. The largest absolute Gasteiger partial charge is 0.287 e. The number of thioether (sulfide) groups is 1. The number of hydrogen-bond donors (Lipinski definition) is 1. The number of aromatic nitrogens is 2. The summed E-state index contributed by atoms with van der Waals surface area (Å²) in [5.74, 6) is 0.883. The van der Waals surface area contributed by atoms with E-state index in [1.807, 2.05) is 28.8 Å². The number of nitrogens with zero attached hydrogens (tertiary/aromatic N) is 2. The fraction of sp³-hybridized carbons (Fsp3) is 0.118. The molecule has 0 aliphatic rings. The van der Waals surface area contributed by atoms with Crippen LogP contribution in [0.5, 0.6) is 0 Å². The lowest BCUT2D eigenvalue weighted by Gasteiger charge is -2.12. The third-order valence-electron chi connectivity index (χ3n) is 3.57. The molecule has 0 aliphatic carbocycles. The quantitative estimate of drug-likeness (QED) is 0.665. The fourth-order valence-corrected chi connectivity index (χ4v) is 3.78. The average Bonchev–Trinajstić information content (AvgIpc) is 2.99. The molecule has 3 rings (SSSR count). The number of primary sulfonamides is 1. The molecule has 0 saturated carbocycles. The van der Waals surface area contributed by atoms with Crippen molar-refractivity contribution in [2.24, 2.45) is 5.14 Å². The highest BCUT2D eigenvalue weighted by Crippen LogP contribution is 2.30. The molecule has 0 aliphatic heterocycles. The molecule has 130 valence electrons. The predicted octanol–water partition coefficient (Wildman–Crippen LogP) is 3.95. The van der Waals surface area contributed by atoms with E-state index >= 15 is 0 Å². The first-order valence-electron chi connectivity index (χ1n) is 7.50. The minimum absolute atomic E-state index is 0.0805. The van der Waals surface area contributed by atoms with Crippen molar-refractivity contribution in [2.75, 3.05) is 5.75 Å². The number of imidazole rings is 1. The third-order valence-corrected chi connectivity index (χ3v) is 5.58. The lowest BCUT2D eigenvalue weighted by Crippen LogP contribution is -2.11. The van der Waals surface area contributed by atoms with Gasteiger partial charge >= 0.3 is 0 Å². The van der Waals surface area contributed by atoms with Crippen molar-refractivity contribution in [2.45, 2.75) is 17.0 Å². The van der Waals surface area contributed by atoms with Crippen LogP contribution in [0, 0.1) is 0 Å². The summed E-state index contributed by atoms with van der Waals surface area (Å²) in [6.07, 6.45) is 1.78. The molecular formula is C17H16ClN3O2S2. The van der Waals surface area contributed by atoms with E-state index in [0.29, 0.717) is 5.02 Å². The maximum atomic E-state index is 11.4. The van der Waals surface area contributed by atoms with Gasteiger partial charge < -0.3 is 0 Å². The molecule has 3 aromatic rings. The standard InChI is InChI=1S/C17H16ClN3O2S2/c1-2-24-17-20-11-16(21(17)14-7-5-13(18)6-8-14)12-3-9-15(10-4-12)25(19,22)23/h3-11H,2H2,1H3,(H2,19,22,23).